The zero-order valence-corrected chi connectivity index (χ0v) is 18.8. The van der Waals surface area contributed by atoms with Crippen molar-refractivity contribution < 1.29 is 9.18 Å². The van der Waals surface area contributed by atoms with Gasteiger partial charge in [0.25, 0.3) is 0 Å². The average Bonchev–Trinajstić information content (AvgIpc) is 2.84. The van der Waals surface area contributed by atoms with E-state index < -0.39 is 5.82 Å². The molecule has 2 aromatic carbocycles. The van der Waals surface area contributed by atoms with Crippen molar-refractivity contribution in [3.63, 3.8) is 0 Å². The molecule has 6 nitrogen and oxygen atoms in total. The number of carbonyl (C=O) groups is 1. The van der Waals surface area contributed by atoms with Crippen molar-refractivity contribution in [3.8, 4) is 17.2 Å². The Morgan fingerprint density at radius 3 is 2.36 bits per heavy atom. The highest BCUT2D eigenvalue weighted by molar-refractivity contribution is 5.73. The number of halogens is 1. The van der Waals surface area contributed by atoms with Crippen LogP contribution in [0.4, 0.5) is 10.3 Å². The number of carbonyl (C=O) groups excluding carboxylic acids is 1. The lowest BCUT2D eigenvalue weighted by molar-refractivity contribution is -0.119. The predicted molar refractivity (Wildman–Crippen MR) is 125 cm³/mol. The standard InChI is InChI=1S/C26H26FN5O/c1-17(31-18(2)33)19-3-5-20(6-4-19)21-9-11-32(12-10-21)26-29-15-24(16-30-26)22-7-8-23(14-28)25(27)13-22/h3-8,13,15-17,21H,9-12H2,1-2H3,(H,31,33). The van der Waals surface area contributed by atoms with Crippen molar-refractivity contribution >= 4 is 11.9 Å². The van der Waals surface area contributed by atoms with Crippen molar-refractivity contribution in [1.82, 2.24) is 15.3 Å². The summed E-state index contributed by atoms with van der Waals surface area (Å²) in [5, 5.41) is 11.8. The summed E-state index contributed by atoms with van der Waals surface area (Å²) in [6, 6.07) is 14.8. The van der Waals surface area contributed by atoms with Crippen LogP contribution in [0.3, 0.4) is 0 Å². The quantitative estimate of drug-likeness (QED) is 0.616. The largest absolute Gasteiger partial charge is 0.350 e. The van der Waals surface area contributed by atoms with Gasteiger partial charge in [-0.3, -0.25) is 4.79 Å². The summed E-state index contributed by atoms with van der Waals surface area (Å²) in [7, 11) is 0. The zero-order valence-electron chi connectivity index (χ0n) is 18.8. The molecule has 0 radical (unpaired) electrons. The van der Waals surface area contributed by atoms with Gasteiger partial charge in [-0.05, 0) is 54.5 Å². The van der Waals surface area contributed by atoms with Gasteiger partial charge >= 0.3 is 0 Å². The third-order valence-corrected chi connectivity index (χ3v) is 6.17. The van der Waals surface area contributed by atoms with E-state index in [-0.39, 0.29) is 17.5 Å². The van der Waals surface area contributed by atoms with E-state index in [0.717, 1.165) is 31.5 Å². The number of hydrogen-bond acceptors (Lipinski definition) is 5. The molecule has 1 aliphatic rings. The fraction of sp³-hybridized carbons (Fsp3) is 0.308. The Morgan fingerprint density at radius 1 is 1.12 bits per heavy atom. The van der Waals surface area contributed by atoms with Crippen molar-refractivity contribution in [3.05, 3.63) is 77.4 Å². The number of nitrogens with zero attached hydrogens (tertiary/aromatic N) is 4. The molecule has 0 saturated carbocycles. The lowest BCUT2D eigenvalue weighted by atomic mass is 9.88. The van der Waals surface area contributed by atoms with E-state index in [2.05, 4.69) is 44.5 Å². The Bertz CT molecular complexity index is 1160. The minimum Gasteiger partial charge on any atom is -0.350 e. The summed E-state index contributed by atoms with van der Waals surface area (Å²) in [5.74, 6) is 0.579. The van der Waals surface area contributed by atoms with Crippen LogP contribution in [0.1, 0.15) is 55.3 Å². The Kier molecular flexibility index (Phi) is 6.64. The molecule has 1 saturated heterocycles. The van der Waals surface area contributed by atoms with E-state index in [0.29, 0.717) is 23.0 Å². The molecule has 0 spiro atoms. The van der Waals surface area contributed by atoms with E-state index in [1.807, 2.05) is 13.0 Å². The first-order valence-corrected chi connectivity index (χ1v) is 11.1. The Balaban J connectivity index is 1.36. The smallest absolute Gasteiger partial charge is 0.225 e. The van der Waals surface area contributed by atoms with Crippen molar-refractivity contribution in [1.29, 1.82) is 5.26 Å². The van der Waals surface area contributed by atoms with Gasteiger partial charge in [-0.1, -0.05) is 30.3 Å². The van der Waals surface area contributed by atoms with Gasteiger partial charge in [0.05, 0.1) is 11.6 Å². The average molecular weight is 444 g/mol. The van der Waals surface area contributed by atoms with Crippen LogP contribution in [0.2, 0.25) is 0 Å². The van der Waals surface area contributed by atoms with Gasteiger partial charge in [-0.15, -0.1) is 0 Å². The first-order chi connectivity index (χ1) is 15.9. The van der Waals surface area contributed by atoms with Gasteiger partial charge < -0.3 is 10.2 Å². The zero-order chi connectivity index (χ0) is 23.4. The summed E-state index contributed by atoms with van der Waals surface area (Å²) < 4.78 is 13.9. The second kappa shape index (κ2) is 9.78. The molecule has 168 valence electrons. The first kappa shape index (κ1) is 22.4. The third-order valence-electron chi connectivity index (χ3n) is 6.17. The number of amides is 1. The molecular weight excluding hydrogens is 417 g/mol. The molecule has 7 heteroatoms. The Hall–Kier alpha value is -3.79. The molecule has 0 aliphatic carbocycles. The molecule has 1 unspecified atom stereocenters. The van der Waals surface area contributed by atoms with Gasteiger partial charge in [0.15, 0.2) is 0 Å². The highest BCUT2D eigenvalue weighted by Gasteiger charge is 2.22. The minimum absolute atomic E-state index is 0.000655. The van der Waals surface area contributed by atoms with Gasteiger partial charge in [0.1, 0.15) is 11.9 Å². The molecule has 1 N–H and O–H groups in total. The van der Waals surface area contributed by atoms with E-state index in [4.69, 9.17) is 5.26 Å². The number of benzene rings is 2. The van der Waals surface area contributed by atoms with Gasteiger partial charge in [-0.25, -0.2) is 14.4 Å². The summed E-state index contributed by atoms with van der Waals surface area (Å²) in [4.78, 5) is 22.4. The van der Waals surface area contributed by atoms with Crippen molar-refractivity contribution in [2.45, 2.75) is 38.6 Å². The van der Waals surface area contributed by atoms with Crippen LogP contribution in [0.25, 0.3) is 11.1 Å². The van der Waals surface area contributed by atoms with Gasteiger partial charge in [0.2, 0.25) is 11.9 Å². The molecule has 33 heavy (non-hydrogen) atoms. The minimum atomic E-state index is -0.543. The summed E-state index contributed by atoms with van der Waals surface area (Å²) in [6.45, 7) is 5.24. The highest BCUT2D eigenvalue weighted by Crippen LogP contribution is 2.30. The molecular formula is C26H26FN5O. The second-order valence-electron chi connectivity index (χ2n) is 8.43. The molecule has 3 aromatic rings. The Morgan fingerprint density at radius 2 is 1.79 bits per heavy atom. The summed E-state index contributed by atoms with van der Waals surface area (Å²) >= 11 is 0. The monoisotopic (exact) mass is 443 g/mol. The highest BCUT2D eigenvalue weighted by atomic mass is 19.1. The molecule has 1 fully saturated rings. The van der Waals surface area contributed by atoms with Crippen LogP contribution in [-0.4, -0.2) is 29.0 Å². The normalized spacial score (nSPS) is 15.0. The Labute approximate surface area is 193 Å². The summed E-state index contributed by atoms with van der Waals surface area (Å²) in [6.07, 6.45) is 5.41. The lowest BCUT2D eigenvalue weighted by Gasteiger charge is -2.32. The topological polar surface area (TPSA) is 81.9 Å². The molecule has 2 heterocycles. The van der Waals surface area contributed by atoms with E-state index in [1.54, 1.807) is 18.5 Å². The lowest BCUT2D eigenvalue weighted by Crippen LogP contribution is -2.34. The van der Waals surface area contributed by atoms with Crippen LogP contribution < -0.4 is 10.2 Å². The van der Waals surface area contributed by atoms with E-state index >= 15 is 0 Å². The number of nitriles is 1. The molecule has 1 aromatic heterocycles. The fourth-order valence-electron chi connectivity index (χ4n) is 4.28. The van der Waals surface area contributed by atoms with Crippen LogP contribution in [-0.2, 0) is 4.79 Å². The van der Waals surface area contributed by atoms with Gasteiger partial charge in [-0.2, -0.15) is 5.26 Å². The molecule has 1 atom stereocenters. The number of aromatic nitrogens is 2. The predicted octanol–water partition coefficient (Wildman–Crippen LogP) is 4.74. The second-order valence-corrected chi connectivity index (χ2v) is 8.43. The molecule has 0 bridgehead atoms. The third kappa shape index (κ3) is 5.17. The SMILES string of the molecule is CC(=O)NC(C)c1ccc(C2CCN(c3ncc(-c4ccc(C#N)c(F)c4)cn3)CC2)cc1. The maximum absolute atomic E-state index is 13.9. The molecule has 1 amide bonds. The summed E-state index contributed by atoms with van der Waals surface area (Å²) in [5.41, 5.74) is 3.80. The van der Waals surface area contributed by atoms with Crippen LogP contribution >= 0.6 is 0 Å². The number of piperidine rings is 1. The number of rotatable bonds is 5. The number of nitrogens with one attached hydrogen (secondary N) is 1. The van der Waals surface area contributed by atoms with Crippen LogP contribution in [0, 0.1) is 17.1 Å². The van der Waals surface area contributed by atoms with Crippen LogP contribution in [0.15, 0.2) is 54.9 Å². The van der Waals surface area contributed by atoms with Crippen molar-refractivity contribution in [2.75, 3.05) is 18.0 Å². The molecule has 4 rings (SSSR count). The number of hydrogen-bond donors (Lipinski definition) is 1. The van der Waals surface area contributed by atoms with Crippen LogP contribution in [0.5, 0.6) is 0 Å². The van der Waals surface area contributed by atoms with Crippen molar-refractivity contribution in [2.24, 2.45) is 0 Å². The maximum Gasteiger partial charge on any atom is 0.225 e. The number of anilines is 1. The van der Waals surface area contributed by atoms with E-state index in [1.165, 1.54) is 24.6 Å². The van der Waals surface area contributed by atoms with Gasteiger partial charge in [0, 0.05) is 38.0 Å². The van der Waals surface area contributed by atoms with E-state index in [9.17, 15) is 9.18 Å². The first-order valence-electron chi connectivity index (χ1n) is 11.1. The maximum atomic E-state index is 13.9. The molecule has 1 aliphatic heterocycles. The fourth-order valence-corrected chi connectivity index (χ4v) is 4.28.